The summed E-state index contributed by atoms with van der Waals surface area (Å²) in [6.45, 7) is 14.7. The molecule has 1 fully saturated rings. The van der Waals surface area contributed by atoms with E-state index in [1.165, 1.54) is 6.92 Å². The van der Waals surface area contributed by atoms with E-state index in [9.17, 15) is 9.59 Å². The van der Waals surface area contributed by atoms with Crippen molar-refractivity contribution in [2.24, 2.45) is 11.0 Å². The Morgan fingerprint density at radius 3 is 2.21 bits per heavy atom. The number of esters is 1. The van der Waals surface area contributed by atoms with Gasteiger partial charge in [0.2, 0.25) is 5.91 Å². The predicted molar refractivity (Wildman–Crippen MR) is 111 cm³/mol. The first kappa shape index (κ1) is 25.3. The van der Waals surface area contributed by atoms with Crippen LogP contribution in [-0.2, 0) is 23.6 Å². The van der Waals surface area contributed by atoms with E-state index in [0.29, 0.717) is 19.2 Å². The number of rotatable bonds is 9. The van der Waals surface area contributed by atoms with Crippen LogP contribution in [0.5, 0.6) is 0 Å². The first-order valence-electron chi connectivity index (χ1n) is 10.0. The second-order valence-corrected chi connectivity index (χ2v) is 9.50. The number of ether oxygens (including phenoxy) is 1. The molecule has 0 saturated carbocycles. The van der Waals surface area contributed by atoms with Crippen LogP contribution >= 0.6 is 0 Å². The molecule has 0 aromatic rings. The third-order valence-electron chi connectivity index (χ3n) is 5.19. The lowest BCUT2D eigenvalue weighted by Gasteiger charge is -2.32. The van der Waals surface area contributed by atoms with Crippen LogP contribution in [0.3, 0.4) is 0 Å². The molecule has 0 bridgehead atoms. The largest absolute Gasteiger partial charge is 0.458 e. The van der Waals surface area contributed by atoms with Crippen molar-refractivity contribution in [2.45, 2.75) is 97.4 Å². The summed E-state index contributed by atoms with van der Waals surface area (Å²) < 4.78 is 17.5. The highest BCUT2D eigenvalue weighted by Crippen LogP contribution is 2.38. The Morgan fingerprint density at radius 1 is 1.21 bits per heavy atom. The zero-order valence-corrected chi connectivity index (χ0v) is 18.9. The maximum absolute atomic E-state index is 12.7. The molecule has 2 atom stereocenters. The highest BCUT2D eigenvalue weighted by atomic mass is 16.7. The second-order valence-electron chi connectivity index (χ2n) is 9.50. The van der Waals surface area contributed by atoms with E-state index in [2.05, 4.69) is 15.3 Å². The van der Waals surface area contributed by atoms with E-state index in [-0.39, 0.29) is 19.6 Å². The molecule has 0 aliphatic carbocycles. The van der Waals surface area contributed by atoms with Crippen LogP contribution in [0, 0.1) is 5.92 Å². The molecule has 0 unspecified atom stereocenters. The van der Waals surface area contributed by atoms with Crippen molar-refractivity contribution in [2.75, 3.05) is 6.54 Å². The fraction of sp³-hybridized carbons (Fsp3) is 0.895. The summed E-state index contributed by atoms with van der Waals surface area (Å²) in [6.07, 6.45) is 1.83. The molecule has 1 amide bonds. The average molecular weight is 410 g/mol. The quantitative estimate of drug-likeness (QED) is 0.204. The zero-order valence-electron chi connectivity index (χ0n) is 18.9. The van der Waals surface area contributed by atoms with Gasteiger partial charge in [-0.25, -0.2) is 4.79 Å². The minimum Gasteiger partial charge on any atom is -0.458 e. The fourth-order valence-corrected chi connectivity index (χ4v) is 3.09. The van der Waals surface area contributed by atoms with Gasteiger partial charge >= 0.3 is 13.1 Å². The minimum atomic E-state index is -0.893. The first-order chi connectivity index (χ1) is 13.2. The molecule has 1 aliphatic rings. The Balaban J connectivity index is 2.83. The van der Waals surface area contributed by atoms with Gasteiger partial charge in [0.05, 0.1) is 11.2 Å². The average Bonchev–Trinajstić information content (AvgIpc) is 2.74. The van der Waals surface area contributed by atoms with E-state index in [4.69, 9.17) is 19.6 Å². The Hall–Kier alpha value is -1.77. The monoisotopic (exact) mass is 410 g/mol. The van der Waals surface area contributed by atoms with Gasteiger partial charge in [-0.05, 0) is 72.7 Å². The molecule has 29 heavy (non-hydrogen) atoms. The van der Waals surface area contributed by atoms with Gasteiger partial charge < -0.3 is 19.4 Å². The SMILES string of the molecule is CC(=O)N[C@H](C(=O)OC(C)(C)C)[C@H](CCCB1OC(C)(C)C(C)(C)O1)CN=[N+]=[N-]. The van der Waals surface area contributed by atoms with Crippen LogP contribution in [0.15, 0.2) is 5.11 Å². The van der Waals surface area contributed by atoms with Gasteiger partial charge in [-0.3, -0.25) is 4.79 Å². The normalized spacial score (nSPS) is 19.8. The summed E-state index contributed by atoms with van der Waals surface area (Å²) in [5.41, 5.74) is 7.23. The van der Waals surface area contributed by atoms with Gasteiger partial charge in [-0.15, -0.1) is 0 Å². The predicted octanol–water partition coefficient (Wildman–Crippen LogP) is 3.63. The van der Waals surface area contributed by atoms with E-state index in [1.807, 2.05) is 27.7 Å². The van der Waals surface area contributed by atoms with Gasteiger partial charge in [0.1, 0.15) is 11.6 Å². The van der Waals surface area contributed by atoms with Crippen molar-refractivity contribution in [3.8, 4) is 0 Å². The minimum absolute atomic E-state index is 0.0735. The molecule has 1 saturated heterocycles. The maximum atomic E-state index is 12.7. The van der Waals surface area contributed by atoms with Crippen molar-refractivity contribution < 1.29 is 23.6 Å². The Labute approximate surface area is 174 Å². The molecule has 0 radical (unpaired) electrons. The molecule has 1 rings (SSSR count). The number of amides is 1. The standard InChI is InChI=1S/C19H35BN4O5/c1-13(25)23-15(16(26)27-17(2,3)4)14(12-22-24-21)10-9-11-20-28-18(5,6)19(7,8)29-20/h14-15H,9-12H2,1-8H3,(H,23,25)/t14-,15+/m1/s1. The Bertz CT molecular complexity index is 625. The van der Waals surface area contributed by atoms with E-state index in [0.717, 1.165) is 0 Å². The molecule has 0 aromatic carbocycles. The van der Waals surface area contributed by atoms with Crippen molar-refractivity contribution in [1.82, 2.24) is 5.32 Å². The third kappa shape index (κ3) is 7.87. The number of azide groups is 1. The van der Waals surface area contributed by atoms with Crippen molar-refractivity contribution in [3.63, 3.8) is 0 Å². The number of nitrogens with one attached hydrogen (secondary N) is 1. The number of carbonyl (C=O) groups excluding carboxylic acids is 2. The molecule has 1 aliphatic heterocycles. The van der Waals surface area contributed by atoms with Crippen LogP contribution in [0.2, 0.25) is 6.32 Å². The van der Waals surface area contributed by atoms with Crippen molar-refractivity contribution in [3.05, 3.63) is 10.4 Å². The summed E-state index contributed by atoms with van der Waals surface area (Å²) in [5, 5.41) is 6.29. The molecular formula is C19H35BN4O5. The molecule has 10 heteroatoms. The van der Waals surface area contributed by atoms with Crippen LogP contribution in [0.4, 0.5) is 0 Å². The highest BCUT2D eigenvalue weighted by Gasteiger charge is 2.50. The molecule has 9 nitrogen and oxygen atoms in total. The lowest BCUT2D eigenvalue weighted by atomic mass is 9.80. The third-order valence-corrected chi connectivity index (χ3v) is 5.19. The highest BCUT2D eigenvalue weighted by molar-refractivity contribution is 6.45. The number of hydrogen-bond donors (Lipinski definition) is 1. The number of nitrogens with zero attached hydrogens (tertiary/aromatic N) is 3. The number of hydrogen-bond acceptors (Lipinski definition) is 6. The van der Waals surface area contributed by atoms with Crippen molar-refractivity contribution >= 4 is 19.0 Å². The van der Waals surface area contributed by atoms with Crippen LogP contribution in [-0.4, -0.2) is 48.4 Å². The van der Waals surface area contributed by atoms with Gasteiger partial charge in [0, 0.05) is 18.4 Å². The molecule has 0 spiro atoms. The molecule has 1 heterocycles. The zero-order chi connectivity index (χ0) is 22.5. The summed E-state index contributed by atoms with van der Waals surface area (Å²) >= 11 is 0. The topological polar surface area (TPSA) is 123 Å². The van der Waals surface area contributed by atoms with Crippen LogP contribution in [0.1, 0.15) is 68.2 Å². The van der Waals surface area contributed by atoms with Gasteiger partial charge in [-0.1, -0.05) is 11.5 Å². The van der Waals surface area contributed by atoms with Gasteiger partial charge in [-0.2, -0.15) is 0 Å². The summed E-state index contributed by atoms with van der Waals surface area (Å²) in [6, 6.07) is -0.893. The Morgan fingerprint density at radius 2 is 1.76 bits per heavy atom. The number of carbonyl (C=O) groups is 2. The van der Waals surface area contributed by atoms with E-state index >= 15 is 0 Å². The fourth-order valence-electron chi connectivity index (χ4n) is 3.09. The molecule has 1 N–H and O–H groups in total. The van der Waals surface area contributed by atoms with Gasteiger partial charge in [0.25, 0.3) is 0 Å². The van der Waals surface area contributed by atoms with Crippen molar-refractivity contribution in [1.29, 1.82) is 0 Å². The lowest BCUT2D eigenvalue weighted by molar-refractivity contribution is -0.160. The summed E-state index contributed by atoms with van der Waals surface area (Å²) in [4.78, 5) is 27.1. The maximum Gasteiger partial charge on any atom is 0.457 e. The smallest absolute Gasteiger partial charge is 0.457 e. The molecule has 164 valence electrons. The molecule has 0 aromatic heterocycles. The second kappa shape index (κ2) is 9.83. The van der Waals surface area contributed by atoms with Crippen LogP contribution < -0.4 is 5.32 Å². The van der Waals surface area contributed by atoms with Gasteiger partial charge in [0.15, 0.2) is 0 Å². The first-order valence-corrected chi connectivity index (χ1v) is 10.0. The lowest BCUT2D eigenvalue weighted by Crippen LogP contribution is -2.48. The van der Waals surface area contributed by atoms with E-state index < -0.39 is 34.7 Å². The summed E-state index contributed by atoms with van der Waals surface area (Å²) in [7, 11) is -0.346. The Kier molecular flexibility index (Phi) is 8.56. The molecular weight excluding hydrogens is 375 g/mol. The van der Waals surface area contributed by atoms with E-state index in [1.54, 1.807) is 20.8 Å². The summed E-state index contributed by atoms with van der Waals surface area (Å²) in [5.74, 6) is -1.29. The van der Waals surface area contributed by atoms with Crippen LogP contribution in [0.25, 0.3) is 10.4 Å².